The maximum atomic E-state index is 12.0. The highest BCUT2D eigenvalue weighted by Gasteiger charge is 2.48. The first-order valence-electron chi connectivity index (χ1n) is 6.81. The van der Waals surface area contributed by atoms with E-state index in [1.807, 2.05) is 0 Å². The lowest BCUT2D eigenvalue weighted by molar-refractivity contribution is -0.145. The highest BCUT2D eigenvalue weighted by Crippen LogP contribution is 2.38. The zero-order valence-corrected chi connectivity index (χ0v) is 9.86. The SMILES string of the molecule is O=C1O[C@H]2CCCC[C@H]2[C@H]1N1CCCCC1. The number of hydrogen-bond acceptors (Lipinski definition) is 3. The Labute approximate surface area is 97.1 Å². The molecule has 0 bridgehead atoms. The number of hydrogen-bond donors (Lipinski definition) is 0. The van der Waals surface area contributed by atoms with E-state index in [0.717, 1.165) is 19.5 Å². The van der Waals surface area contributed by atoms with Crippen LogP contribution in [0.15, 0.2) is 0 Å². The molecule has 0 amide bonds. The fourth-order valence-corrected chi connectivity index (χ4v) is 3.64. The average molecular weight is 223 g/mol. The van der Waals surface area contributed by atoms with E-state index in [1.54, 1.807) is 0 Å². The van der Waals surface area contributed by atoms with Gasteiger partial charge in [0.1, 0.15) is 12.1 Å². The van der Waals surface area contributed by atoms with Crippen molar-refractivity contribution in [2.24, 2.45) is 5.92 Å². The van der Waals surface area contributed by atoms with E-state index in [1.165, 1.54) is 38.5 Å². The smallest absolute Gasteiger partial charge is 0.324 e. The van der Waals surface area contributed by atoms with Crippen molar-refractivity contribution in [2.75, 3.05) is 13.1 Å². The summed E-state index contributed by atoms with van der Waals surface area (Å²) in [6, 6.07) is 0.102. The maximum absolute atomic E-state index is 12.0. The van der Waals surface area contributed by atoms with Crippen LogP contribution in [-0.2, 0) is 9.53 Å². The number of fused-ring (bicyclic) bond motifs is 1. The predicted octanol–water partition coefficient (Wildman–Crippen LogP) is 1.96. The Hall–Kier alpha value is -0.570. The summed E-state index contributed by atoms with van der Waals surface area (Å²) in [7, 11) is 0. The van der Waals surface area contributed by atoms with Crippen molar-refractivity contribution in [3.05, 3.63) is 0 Å². The first kappa shape index (κ1) is 10.6. The van der Waals surface area contributed by atoms with Crippen LogP contribution in [0.25, 0.3) is 0 Å². The monoisotopic (exact) mass is 223 g/mol. The topological polar surface area (TPSA) is 29.5 Å². The molecule has 0 radical (unpaired) electrons. The minimum absolute atomic E-state index is 0.0683. The molecule has 0 aromatic carbocycles. The van der Waals surface area contributed by atoms with E-state index >= 15 is 0 Å². The lowest BCUT2D eigenvalue weighted by atomic mass is 9.82. The molecule has 3 nitrogen and oxygen atoms in total. The third-order valence-corrected chi connectivity index (χ3v) is 4.45. The number of piperidine rings is 1. The summed E-state index contributed by atoms with van der Waals surface area (Å²) < 4.78 is 5.55. The fraction of sp³-hybridized carbons (Fsp3) is 0.923. The van der Waals surface area contributed by atoms with Crippen molar-refractivity contribution in [3.63, 3.8) is 0 Å². The molecule has 2 aliphatic heterocycles. The quantitative estimate of drug-likeness (QED) is 0.636. The second-order valence-electron chi connectivity index (χ2n) is 5.47. The van der Waals surface area contributed by atoms with Crippen LogP contribution in [0.4, 0.5) is 0 Å². The molecular weight excluding hydrogens is 202 g/mol. The van der Waals surface area contributed by atoms with Gasteiger partial charge in [0.15, 0.2) is 0 Å². The molecule has 0 unspecified atom stereocenters. The molecule has 3 atom stereocenters. The Balaban J connectivity index is 1.74. The van der Waals surface area contributed by atoms with Crippen LogP contribution in [-0.4, -0.2) is 36.1 Å². The lowest BCUT2D eigenvalue weighted by Gasteiger charge is -2.34. The van der Waals surface area contributed by atoms with Crippen LogP contribution in [0.1, 0.15) is 44.9 Å². The van der Waals surface area contributed by atoms with Crippen molar-refractivity contribution < 1.29 is 9.53 Å². The van der Waals surface area contributed by atoms with Crippen LogP contribution in [0, 0.1) is 5.92 Å². The minimum Gasteiger partial charge on any atom is -0.461 e. The van der Waals surface area contributed by atoms with Gasteiger partial charge in [0.2, 0.25) is 0 Å². The number of rotatable bonds is 1. The molecule has 3 heteroatoms. The largest absolute Gasteiger partial charge is 0.461 e. The van der Waals surface area contributed by atoms with Gasteiger partial charge in [-0.1, -0.05) is 12.8 Å². The normalized spacial score (nSPS) is 40.5. The summed E-state index contributed by atoms with van der Waals surface area (Å²) in [6.07, 6.45) is 8.88. The van der Waals surface area contributed by atoms with Crippen molar-refractivity contribution in [1.29, 1.82) is 0 Å². The molecule has 2 saturated heterocycles. The summed E-state index contributed by atoms with van der Waals surface area (Å²) in [4.78, 5) is 14.4. The lowest BCUT2D eigenvalue weighted by Crippen LogP contribution is -2.46. The van der Waals surface area contributed by atoms with Gasteiger partial charge in [-0.25, -0.2) is 0 Å². The number of ether oxygens (including phenoxy) is 1. The molecule has 0 aromatic heterocycles. The minimum atomic E-state index is 0.0683. The van der Waals surface area contributed by atoms with Gasteiger partial charge in [-0.3, -0.25) is 9.69 Å². The Bertz CT molecular complexity index is 273. The molecule has 1 saturated carbocycles. The number of carbonyl (C=O) groups is 1. The number of likely N-dealkylation sites (tertiary alicyclic amines) is 1. The summed E-state index contributed by atoms with van der Waals surface area (Å²) in [5.41, 5.74) is 0. The third-order valence-electron chi connectivity index (χ3n) is 4.45. The molecule has 3 aliphatic rings. The van der Waals surface area contributed by atoms with Gasteiger partial charge in [-0.05, 0) is 45.2 Å². The van der Waals surface area contributed by atoms with E-state index in [2.05, 4.69) is 4.90 Å². The van der Waals surface area contributed by atoms with Crippen molar-refractivity contribution in [1.82, 2.24) is 4.90 Å². The molecule has 3 fully saturated rings. The molecular formula is C13H21NO2. The standard InChI is InChI=1S/C13H21NO2/c15-13-12(14-8-4-1-5-9-14)10-6-2-3-7-11(10)16-13/h10-12H,1-9H2/t10-,11+,12-/m1/s1. The molecule has 0 N–H and O–H groups in total. The van der Waals surface area contributed by atoms with Crippen molar-refractivity contribution >= 4 is 5.97 Å². The average Bonchev–Trinajstić information content (AvgIpc) is 2.66. The van der Waals surface area contributed by atoms with Gasteiger partial charge < -0.3 is 4.74 Å². The Morgan fingerprint density at radius 1 is 1.00 bits per heavy atom. The molecule has 0 aromatic rings. The zero-order valence-electron chi connectivity index (χ0n) is 9.86. The molecule has 16 heavy (non-hydrogen) atoms. The van der Waals surface area contributed by atoms with Gasteiger partial charge in [0.05, 0.1) is 0 Å². The molecule has 1 aliphatic carbocycles. The van der Waals surface area contributed by atoms with Crippen LogP contribution < -0.4 is 0 Å². The van der Waals surface area contributed by atoms with E-state index in [9.17, 15) is 4.79 Å². The molecule has 3 rings (SSSR count). The fourth-order valence-electron chi connectivity index (χ4n) is 3.64. The van der Waals surface area contributed by atoms with Gasteiger partial charge in [0, 0.05) is 5.92 Å². The van der Waals surface area contributed by atoms with Gasteiger partial charge >= 0.3 is 5.97 Å². The van der Waals surface area contributed by atoms with E-state index in [4.69, 9.17) is 4.74 Å². The van der Waals surface area contributed by atoms with Gasteiger partial charge in [-0.15, -0.1) is 0 Å². The van der Waals surface area contributed by atoms with Crippen LogP contribution in [0.2, 0.25) is 0 Å². The van der Waals surface area contributed by atoms with Crippen molar-refractivity contribution in [2.45, 2.75) is 57.1 Å². The highest BCUT2D eigenvalue weighted by atomic mass is 16.6. The zero-order chi connectivity index (χ0) is 11.0. The van der Waals surface area contributed by atoms with E-state index < -0.39 is 0 Å². The first-order chi connectivity index (χ1) is 7.86. The van der Waals surface area contributed by atoms with Crippen LogP contribution in [0.3, 0.4) is 0 Å². The number of carbonyl (C=O) groups excluding carboxylic acids is 1. The summed E-state index contributed by atoms with van der Waals surface area (Å²) in [5.74, 6) is 0.568. The molecule has 90 valence electrons. The molecule has 2 heterocycles. The third kappa shape index (κ3) is 1.75. The predicted molar refractivity (Wildman–Crippen MR) is 61.1 cm³/mol. The number of esters is 1. The van der Waals surface area contributed by atoms with E-state index in [0.29, 0.717) is 5.92 Å². The first-order valence-corrected chi connectivity index (χ1v) is 6.81. The van der Waals surface area contributed by atoms with Gasteiger partial charge in [-0.2, -0.15) is 0 Å². The van der Waals surface area contributed by atoms with Crippen molar-refractivity contribution in [3.8, 4) is 0 Å². The Kier molecular flexibility index (Phi) is 2.88. The van der Waals surface area contributed by atoms with Crippen LogP contribution in [0.5, 0.6) is 0 Å². The molecule has 0 spiro atoms. The maximum Gasteiger partial charge on any atom is 0.324 e. The Morgan fingerprint density at radius 2 is 1.75 bits per heavy atom. The van der Waals surface area contributed by atoms with Crippen LogP contribution >= 0.6 is 0 Å². The van der Waals surface area contributed by atoms with E-state index in [-0.39, 0.29) is 18.1 Å². The Morgan fingerprint density at radius 3 is 2.56 bits per heavy atom. The summed E-state index contributed by atoms with van der Waals surface area (Å²) in [6.45, 7) is 2.20. The van der Waals surface area contributed by atoms with Gasteiger partial charge in [0.25, 0.3) is 0 Å². The summed E-state index contributed by atoms with van der Waals surface area (Å²) >= 11 is 0. The second kappa shape index (κ2) is 4.36. The summed E-state index contributed by atoms with van der Waals surface area (Å²) in [5, 5.41) is 0. The second-order valence-corrected chi connectivity index (χ2v) is 5.47. The highest BCUT2D eigenvalue weighted by molar-refractivity contribution is 5.78. The number of nitrogens with zero attached hydrogens (tertiary/aromatic N) is 1.